The van der Waals surface area contributed by atoms with Crippen LogP contribution in [0.3, 0.4) is 0 Å². The highest BCUT2D eigenvalue weighted by Crippen LogP contribution is 2.23. The molecule has 0 heterocycles. The number of hydrogen-bond donors (Lipinski definition) is 3. The smallest absolute Gasteiger partial charge is 0.337 e. The summed E-state index contributed by atoms with van der Waals surface area (Å²) in [5.41, 5.74) is 0.435. The molecule has 0 aliphatic heterocycles. The first-order valence-corrected chi connectivity index (χ1v) is 9.43. The quantitative estimate of drug-likeness (QED) is 0.576. The molecule has 0 saturated carbocycles. The lowest BCUT2D eigenvalue weighted by molar-refractivity contribution is 0.0600. The SMILES string of the molecule is COC(=O)c1ccc(O)cc1.O=S(=O)(c1ccc(O)cc1)c1ccc(O)cc1. The Morgan fingerprint density at radius 3 is 1.32 bits per heavy atom. The van der Waals surface area contributed by atoms with Crippen molar-refractivity contribution in [3.05, 3.63) is 78.4 Å². The van der Waals surface area contributed by atoms with E-state index in [-0.39, 0.29) is 27.0 Å². The van der Waals surface area contributed by atoms with E-state index >= 15 is 0 Å². The molecule has 0 fully saturated rings. The monoisotopic (exact) mass is 402 g/mol. The van der Waals surface area contributed by atoms with Gasteiger partial charge in [-0.05, 0) is 72.8 Å². The Labute approximate surface area is 162 Å². The molecule has 0 aliphatic rings. The van der Waals surface area contributed by atoms with Gasteiger partial charge >= 0.3 is 5.97 Å². The van der Waals surface area contributed by atoms with Gasteiger partial charge in [0.1, 0.15) is 17.2 Å². The van der Waals surface area contributed by atoms with Crippen molar-refractivity contribution in [3.8, 4) is 17.2 Å². The summed E-state index contributed by atoms with van der Waals surface area (Å²) in [6.45, 7) is 0. The van der Waals surface area contributed by atoms with Crippen LogP contribution in [0.15, 0.2) is 82.6 Å². The van der Waals surface area contributed by atoms with Gasteiger partial charge in [-0.3, -0.25) is 0 Å². The molecule has 0 saturated heterocycles. The van der Waals surface area contributed by atoms with Gasteiger partial charge in [0, 0.05) is 0 Å². The van der Waals surface area contributed by atoms with Crippen molar-refractivity contribution >= 4 is 15.8 Å². The maximum absolute atomic E-state index is 12.1. The molecular weight excluding hydrogens is 384 g/mol. The topological polar surface area (TPSA) is 121 Å². The predicted octanol–water partition coefficient (Wildman–Crippen LogP) is 3.11. The van der Waals surface area contributed by atoms with Gasteiger partial charge in [0.25, 0.3) is 0 Å². The molecule has 3 aromatic rings. The molecule has 8 heteroatoms. The van der Waals surface area contributed by atoms with Crippen molar-refractivity contribution in [3.63, 3.8) is 0 Å². The van der Waals surface area contributed by atoms with Crippen LogP contribution in [0.2, 0.25) is 0 Å². The largest absolute Gasteiger partial charge is 0.508 e. The van der Waals surface area contributed by atoms with Crippen LogP contribution in [-0.2, 0) is 14.6 Å². The predicted molar refractivity (Wildman–Crippen MR) is 101 cm³/mol. The van der Waals surface area contributed by atoms with Crippen LogP contribution in [0, 0.1) is 0 Å². The van der Waals surface area contributed by atoms with Crippen LogP contribution in [0.5, 0.6) is 17.2 Å². The highest BCUT2D eigenvalue weighted by molar-refractivity contribution is 7.91. The Bertz CT molecular complexity index is 972. The van der Waals surface area contributed by atoms with Crippen molar-refractivity contribution in [1.82, 2.24) is 0 Å². The number of phenols is 3. The summed E-state index contributed by atoms with van der Waals surface area (Å²) in [4.78, 5) is 11.0. The second-order valence-corrected chi connectivity index (χ2v) is 7.48. The number of rotatable bonds is 3. The van der Waals surface area contributed by atoms with Crippen LogP contribution >= 0.6 is 0 Å². The van der Waals surface area contributed by atoms with Crippen molar-refractivity contribution in [2.24, 2.45) is 0 Å². The molecule has 3 N–H and O–H groups in total. The van der Waals surface area contributed by atoms with E-state index < -0.39 is 15.8 Å². The third-order valence-electron chi connectivity index (χ3n) is 3.58. The summed E-state index contributed by atoms with van der Waals surface area (Å²) < 4.78 is 28.6. The number of benzene rings is 3. The maximum Gasteiger partial charge on any atom is 0.337 e. The lowest BCUT2D eigenvalue weighted by Gasteiger charge is -2.04. The van der Waals surface area contributed by atoms with Crippen molar-refractivity contribution < 1.29 is 33.3 Å². The fraction of sp³-hybridized carbons (Fsp3) is 0.0500. The van der Waals surface area contributed by atoms with Crippen LogP contribution < -0.4 is 0 Å². The Hall–Kier alpha value is -3.52. The number of esters is 1. The van der Waals surface area contributed by atoms with Crippen LogP contribution in [0.25, 0.3) is 0 Å². The molecule has 0 spiro atoms. The van der Waals surface area contributed by atoms with Crippen molar-refractivity contribution in [2.45, 2.75) is 9.79 Å². The van der Waals surface area contributed by atoms with Gasteiger partial charge in [-0.15, -0.1) is 0 Å². The molecular formula is C20H18O7S. The fourth-order valence-electron chi connectivity index (χ4n) is 2.10. The second-order valence-electron chi connectivity index (χ2n) is 5.53. The highest BCUT2D eigenvalue weighted by atomic mass is 32.2. The zero-order valence-corrected chi connectivity index (χ0v) is 15.6. The molecule has 146 valence electrons. The van der Waals surface area contributed by atoms with Crippen molar-refractivity contribution in [1.29, 1.82) is 0 Å². The minimum atomic E-state index is -3.59. The Balaban J connectivity index is 0.000000221. The number of hydrogen-bond acceptors (Lipinski definition) is 7. The zero-order valence-electron chi connectivity index (χ0n) is 14.8. The van der Waals surface area contributed by atoms with Gasteiger partial charge in [0.05, 0.1) is 22.5 Å². The first-order valence-electron chi connectivity index (χ1n) is 7.94. The number of ether oxygens (including phenoxy) is 1. The molecule has 0 amide bonds. The molecule has 0 aromatic heterocycles. The van der Waals surface area contributed by atoms with E-state index in [4.69, 9.17) is 15.3 Å². The maximum atomic E-state index is 12.1. The van der Waals surface area contributed by atoms with Crippen LogP contribution in [-0.4, -0.2) is 36.8 Å². The Kier molecular flexibility index (Phi) is 6.62. The molecule has 0 unspecified atom stereocenters. The van der Waals surface area contributed by atoms with Gasteiger partial charge < -0.3 is 20.1 Å². The van der Waals surface area contributed by atoms with E-state index in [1.54, 1.807) is 0 Å². The standard InChI is InChI=1S/C12H10O4S.C8H8O3/c13-9-1-5-11(6-2-9)17(15,16)12-7-3-10(14)4-8-12;1-11-8(10)6-2-4-7(9)5-3-6/h1-8,13-14H;2-5,9H,1H3. The number of phenolic OH excluding ortho intramolecular Hbond substituents is 3. The molecule has 7 nitrogen and oxygen atoms in total. The molecule has 3 aromatic carbocycles. The lowest BCUT2D eigenvalue weighted by atomic mass is 10.2. The second kappa shape index (κ2) is 8.92. The molecule has 0 bridgehead atoms. The van der Waals surface area contributed by atoms with Crippen LogP contribution in [0.1, 0.15) is 10.4 Å². The molecule has 3 rings (SSSR count). The summed E-state index contributed by atoms with van der Waals surface area (Å²) in [6.07, 6.45) is 0. The average molecular weight is 402 g/mol. The number of methoxy groups -OCH3 is 1. The normalized spacial score (nSPS) is 10.5. The molecule has 28 heavy (non-hydrogen) atoms. The average Bonchev–Trinajstić information content (AvgIpc) is 2.69. The summed E-state index contributed by atoms with van der Waals surface area (Å²) in [5.74, 6) is -0.244. The van der Waals surface area contributed by atoms with E-state index in [9.17, 15) is 13.2 Å². The fourth-order valence-corrected chi connectivity index (χ4v) is 3.36. The first-order chi connectivity index (χ1) is 13.2. The van der Waals surface area contributed by atoms with Gasteiger partial charge in [-0.1, -0.05) is 0 Å². The third-order valence-corrected chi connectivity index (χ3v) is 5.37. The molecule has 0 radical (unpaired) electrons. The minimum absolute atomic E-state index is 0.00894. The number of aromatic hydroxyl groups is 3. The first kappa shape index (κ1) is 20.8. The van der Waals surface area contributed by atoms with E-state index in [0.717, 1.165) is 0 Å². The zero-order chi connectivity index (χ0) is 20.7. The molecule has 0 aliphatic carbocycles. The Morgan fingerprint density at radius 2 is 1.00 bits per heavy atom. The van der Waals surface area contributed by atoms with E-state index in [1.807, 2.05) is 0 Å². The van der Waals surface area contributed by atoms with Gasteiger partial charge in [-0.2, -0.15) is 0 Å². The lowest BCUT2D eigenvalue weighted by Crippen LogP contribution is -2.01. The number of carbonyl (C=O) groups excluding carboxylic acids is 1. The number of carbonyl (C=O) groups is 1. The summed E-state index contributed by atoms with van der Waals surface area (Å²) >= 11 is 0. The van der Waals surface area contributed by atoms with Gasteiger partial charge in [0.15, 0.2) is 0 Å². The van der Waals surface area contributed by atoms with E-state index in [1.165, 1.54) is 79.9 Å². The van der Waals surface area contributed by atoms with Gasteiger partial charge in [-0.25, -0.2) is 13.2 Å². The third kappa shape index (κ3) is 5.24. The minimum Gasteiger partial charge on any atom is -0.508 e. The number of sulfone groups is 1. The van der Waals surface area contributed by atoms with Gasteiger partial charge in [0.2, 0.25) is 9.84 Å². The highest BCUT2D eigenvalue weighted by Gasteiger charge is 2.17. The van der Waals surface area contributed by atoms with Crippen LogP contribution in [0.4, 0.5) is 0 Å². The summed E-state index contributed by atoms with van der Waals surface area (Å²) in [7, 11) is -2.28. The summed E-state index contributed by atoms with van der Waals surface area (Å²) in [5, 5.41) is 27.1. The van der Waals surface area contributed by atoms with E-state index in [2.05, 4.69) is 4.74 Å². The van der Waals surface area contributed by atoms with E-state index in [0.29, 0.717) is 5.56 Å². The molecule has 0 atom stereocenters. The summed E-state index contributed by atoms with van der Waals surface area (Å²) in [6, 6.07) is 16.5. The van der Waals surface area contributed by atoms with Crippen molar-refractivity contribution in [2.75, 3.05) is 7.11 Å². The Morgan fingerprint density at radius 1 is 0.679 bits per heavy atom.